The molecule has 80 valence electrons. The molecule has 0 N–H and O–H groups in total. The molecule has 1 aromatic carbocycles. The van der Waals surface area contributed by atoms with E-state index in [9.17, 15) is 0 Å². The van der Waals surface area contributed by atoms with Gasteiger partial charge in [0.25, 0.3) is 0 Å². The molecule has 15 heavy (non-hydrogen) atoms. The van der Waals surface area contributed by atoms with Gasteiger partial charge in [-0.25, -0.2) is 0 Å². The zero-order chi connectivity index (χ0) is 10.4. The fourth-order valence-corrected chi connectivity index (χ4v) is 5.69. The quantitative estimate of drug-likeness (QED) is 0.601. The Hall–Kier alpha value is 0.180. The lowest BCUT2D eigenvalue weighted by Gasteiger charge is -2.43. The van der Waals surface area contributed by atoms with Crippen LogP contribution in [-0.2, 0) is 0 Å². The van der Waals surface area contributed by atoms with Crippen molar-refractivity contribution in [2.45, 2.75) is 34.8 Å². The van der Waals surface area contributed by atoms with Crippen LogP contribution in [0, 0.1) is 5.92 Å². The second-order valence-corrected chi connectivity index (χ2v) is 6.72. The van der Waals surface area contributed by atoms with Gasteiger partial charge in [0.15, 0.2) is 0 Å². The van der Waals surface area contributed by atoms with Crippen LogP contribution in [0.1, 0.15) is 41.1 Å². The number of alkyl halides is 2. The summed E-state index contributed by atoms with van der Waals surface area (Å²) in [5, 5.41) is 0. The summed E-state index contributed by atoms with van der Waals surface area (Å²) in [6, 6.07) is 8.94. The van der Waals surface area contributed by atoms with E-state index in [1.807, 2.05) is 0 Å². The van der Waals surface area contributed by atoms with Crippen LogP contribution in [0.3, 0.4) is 0 Å². The monoisotopic (exact) mass is 328 g/mol. The van der Waals surface area contributed by atoms with Crippen LogP contribution in [0.15, 0.2) is 24.3 Å². The molecular weight excluding hydrogens is 316 g/mol. The summed E-state index contributed by atoms with van der Waals surface area (Å²) in [5.41, 5.74) is 3.10. The molecule has 0 amide bonds. The van der Waals surface area contributed by atoms with Gasteiger partial charge in [-0.1, -0.05) is 62.5 Å². The van der Waals surface area contributed by atoms with E-state index < -0.39 is 0 Å². The zero-order valence-corrected chi connectivity index (χ0v) is 11.7. The van der Waals surface area contributed by atoms with Crippen LogP contribution in [0.25, 0.3) is 0 Å². The number of rotatable bonds is 0. The molecule has 4 atom stereocenters. The molecule has 1 aromatic rings. The van der Waals surface area contributed by atoms with E-state index in [-0.39, 0.29) is 0 Å². The normalized spacial score (nSPS) is 38.5. The van der Waals surface area contributed by atoms with Crippen LogP contribution >= 0.6 is 31.9 Å². The fourth-order valence-electron chi connectivity index (χ4n) is 3.16. The Morgan fingerprint density at radius 2 is 1.73 bits per heavy atom. The highest BCUT2D eigenvalue weighted by molar-refractivity contribution is 9.10. The number of fused-ring (bicyclic) bond motifs is 4. The molecule has 0 nitrogen and oxygen atoms in total. The van der Waals surface area contributed by atoms with Crippen molar-refractivity contribution < 1.29 is 0 Å². The van der Waals surface area contributed by atoms with Crippen molar-refractivity contribution >= 4 is 31.9 Å². The largest absolute Gasteiger partial charge is 0.0880 e. The number of halogens is 2. The number of hydrogen-bond acceptors (Lipinski definition) is 0. The molecule has 0 aromatic heterocycles. The van der Waals surface area contributed by atoms with Gasteiger partial charge in [0.2, 0.25) is 0 Å². The minimum atomic E-state index is 0.551. The van der Waals surface area contributed by atoms with Crippen molar-refractivity contribution in [3.8, 4) is 0 Å². The first kappa shape index (κ1) is 10.3. The van der Waals surface area contributed by atoms with Crippen LogP contribution in [0.5, 0.6) is 0 Å². The molecule has 0 radical (unpaired) electrons. The second-order valence-electron chi connectivity index (χ2n) is 4.68. The molecule has 0 aliphatic heterocycles. The number of hydrogen-bond donors (Lipinski definition) is 0. The molecule has 2 aliphatic carbocycles. The van der Waals surface area contributed by atoms with E-state index in [0.29, 0.717) is 9.65 Å². The average molecular weight is 330 g/mol. The highest BCUT2D eigenvalue weighted by Gasteiger charge is 2.42. The highest BCUT2D eigenvalue weighted by atomic mass is 79.9. The second kappa shape index (κ2) is 3.89. The Morgan fingerprint density at radius 3 is 2.53 bits per heavy atom. The van der Waals surface area contributed by atoms with Crippen molar-refractivity contribution in [2.24, 2.45) is 5.92 Å². The minimum absolute atomic E-state index is 0.551. The van der Waals surface area contributed by atoms with Gasteiger partial charge in [0.05, 0.1) is 0 Å². The summed E-state index contributed by atoms with van der Waals surface area (Å²) < 4.78 is 0. The predicted molar refractivity (Wildman–Crippen MR) is 70.9 cm³/mol. The van der Waals surface area contributed by atoms with Gasteiger partial charge >= 0.3 is 0 Å². The third-order valence-electron chi connectivity index (χ3n) is 3.91. The van der Waals surface area contributed by atoms with Crippen molar-refractivity contribution in [3.05, 3.63) is 35.4 Å². The van der Waals surface area contributed by atoms with Gasteiger partial charge in [-0.2, -0.15) is 0 Å². The van der Waals surface area contributed by atoms with E-state index in [2.05, 4.69) is 56.1 Å². The lowest BCUT2D eigenvalue weighted by Crippen LogP contribution is -2.35. The molecule has 1 saturated carbocycles. The van der Waals surface area contributed by atoms with Gasteiger partial charge in [0.1, 0.15) is 0 Å². The van der Waals surface area contributed by atoms with Crippen molar-refractivity contribution in [3.63, 3.8) is 0 Å². The average Bonchev–Trinajstić information content (AvgIpc) is 2.26. The summed E-state index contributed by atoms with van der Waals surface area (Å²) in [6.07, 6.45) is 4.09. The van der Waals surface area contributed by atoms with E-state index >= 15 is 0 Å². The molecule has 3 rings (SSSR count). The van der Waals surface area contributed by atoms with E-state index in [4.69, 9.17) is 0 Å². The maximum atomic E-state index is 3.91. The molecule has 2 bridgehead atoms. The third-order valence-corrected chi connectivity index (χ3v) is 6.40. The SMILES string of the molecule is Br[C@H]1[C@@H]2CCC[C@H]1c1ccccc1[C@@H]2Br. The maximum absolute atomic E-state index is 3.91. The van der Waals surface area contributed by atoms with E-state index in [1.54, 1.807) is 5.56 Å². The molecule has 1 fully saturated rings. The lowest BCUT2D eigenvalue weighted by atomic mass is 9.69. The first-order valence-corrected chi connectivity index (χ1v) is 7.49. The van der Waals surface area contributed by atoms with Gasteiger partial charge < -0.3 is 0 Å². The van der Waals surface area contributed by atoms with Gasteiger partial charge in [-0.3, -0.25) is 0 Å². The topological polar surface area (TPSA) is 0 Å². The molecular formula is C13H14Br2. The molecule has 0 saturated heterocycles. The summed E-state index contributed by atoms with van der Waals surface area (Å²) in [7, 11) is 0. The molecule has 0 spiro atoms. The van der Waals surface area contributed by atoms with E-state index in [1.165, 1.54) is 24.8 Å². The Bertz CT molecular complexity index is 375. The Kier molecular flexibility index (Phi) is 2.68. The number of benzene rings is 1. The van der Waals surface area contributed by atoms with Gasteiger partial charge in [0, 0.05) is 9.65 Å². The summed E-state index contributed by atoms with van der Waals surface area (Å²) >= 11 is 7.80. The highest BCUT2D eigenvalue weighted by Crippen LogP contribution is 2.54. The third kappa shape index (κ3) is 1.52. The smallest absolute Gasteiger partial charge is 0.0437 e. The van der Waals surface area contributed by atoms with Crippen molar-refractivity contribution in [1.82, 2.24) is 0 Å². The molecule has 0 unspecified atom stereocenters. The van der Waals surface area contributed by atoms with Crippen LogP contribution in [0.2, 0.25) is 0 Å². The maximum Gasteiger partial charge on any atom is 0.0437 e. The zero-order valence-electron chi connectivity index (χ0n) is 8.50. The minimum Gasteiger partial charge on any atom is -0.0880 e. The van der Waals surface area contributed by atoms with Crippen molar-refractivity contribution in [2.75, 3.05) is 0 Å². The first-order chi connectivity index (χ1) is 7.29. The van der Waals surface area contributed by atoms with Crippen LogP contribution in [0.4, 0.5) is 0 Å². The van der Waals surface area contributed by atoms with Crippen LogP contribution in [-0.4, -0.2) is 4.83 Å². The predicted octanol–water partition coefficient (Wildman–Crippen LogP) is 4.78. The summed E-state index contributed by atoms with van der Waals surface area (Å²) in [4.78, 5) is 1.22. The lowest BCUT2D eigenvalue weighted by molar-refractivity contribution is 0.314. The summed E-state index contributed by atoms with van der Waals surface area (Å²) in [5.74, 6) is 1.52. The Labute approximate surface area is 108 Å². The standard InChI is InChI=1S/C13H14Br2/c14-12-9-5-2-1-4-8(9)10-6-3-7-11(12)13(10)15/h1-2,4-5,10-13H,3,6-7H2/t10-,11+,12-,13+/m0/s1. The fraction of sp³-hybridized carbons (Fsp3) is 0.538. The van der Waals surface area contributed by atoms with Gasteiger partial charge in [-0.15, -0.1) is 0 Å². The summed E-state index contributed by atoms with van der Waals surface area (Å²) in [6.45, 7) is 0. The van der Waals surface area contributed by atoms with Crippen LogP contribution < -0.4 is 0 Å². The van der Waals surface area contributed by atoms with Gasteiger partial charge in [-0.05, 0) is 35.8 Å². The Morgan fingerprint density at radius 1 is 1.00 bits per heavy atom. The molecule has 2 heteroatoms. The molecule has 0 heterocycles. The van der Waals surface area contributed by atoms with E-state index in [0.717, 1.165) is 11.8 Å². The first-order valence-electron chi connectivity index (χ1n) is 5.66. The Balaban J connectivity index is 2.14. The van der Waals surface area contributed by atoms with Crippen molar-refractivity contribution in [1.29, 1.82) is 0 Å². The molecule has 2 aliphatic rings.